The Morgan fingerprint density at radius 3 is 2.03 bits per heavy atom. The predicted molar refractivity (Wildman–Crippen MR) is 133 cm³/mol. The molecule has 0 unspecified atom stereocenters. The largest absolute Gasteiger partial charge is 0.353 e. The quantitative estimate of drug-likeness (QED) is 0.278. The molecule has 0 radical (unpaired) electrons. The molecule has 31 heavy (non-hydrogen) atoms. The standard InChI is InChI=1S/C26H16Cl2N2S/c27-18-14-13-16(15-19(18)28)25-26(17-7-1-2-8-20(17)29-25)30-21-9-3-5-11-23(21)31-24-12-6-4-10-22(24)30/h1-15,29H. The van der Waals surface area contributed by atoms with Gasteiger partial charge in [0.05, 0.1) is 32.8 Å². The van der Waals surface area contributed by atoms with Crippen LogP contribution in [0.1, 0.15) is 0 Å². The summed E-state index contributed by atoms with van der Waals surface area (Å²) in [6.07, 6.45) is 0. The minimum atomic E-state index is 0.541. The van der Waals surface area contributed by atoms with Crippen LogP contribution in [-0.2, 0) is 0 Å². The summed E-state index contributed by atoms with van der Waals surface area (Å²) in [5.74, 6) is 0. The third-order valence-corrected chi connectivity index (χ3v) is 7.41. The number of fused-ring (bicyclic) bond motifs is 3. The van der Waals surface area contributed by atoms with Crippen LogP contribution in [0.4, 0.5) is 17.1 Å². The molecule has 0 bridgehead atoms. The summed E-state index contributed by atoms with van der Waals surface area (Å²) in [5.41, 5.74) is 6.51. The average Bonchev–Trinajstić information content (AvgIpc) is 3.18. The molecule has 0 aliphatic carbocycles. The molecule has 1 N–H and O–H groups in total. The van der Waals surface area contributed by atoms with Gasteiger partial charge in [-0.1, -0.05) is 83.5 Å². The lowest BCUT2D eigenvalue weighted by atomic mass is 10.1. The molecular formula is C26H16Cl2N2S. The Balaban J connectivity index is 1.70. The molecule has 150 valence electrons. The highest BCUT2D eigenvalue weighted by atomic mass is 35.5. The summed E-state index contributed by atoms with van der Waals surface area (Å²) in [6, 6.07) is 31.3. The molecule has 1 aliphatic heterocycles. The lowest BCUT2D eigenvalue weighted by Crippen LogP contribution is -2.15. The predicted octanol–water partition coefficient (Wildman–Crippen LogP) is 9.08. The number of nitrogens with one attached hydrogen (secondary N) is 1. The van der Waals surface area contributed by atoms with E-state index in [4.69, 9.17) is 23.2 Å². The van der Waals surface area contributed by atoms with Gasteiger partial charge in [0.2, 0.25) is 0 Å². The number of halogens is 2. The van der Waals surface area contributed by atoms with Crippen LogP contribution < -0.4 is 4.90 Å². The number of hydrogen-bond acceptors (Lipinski definition) is 2. The van der Waals surface area contributed by atoms with Gasteiger partial charge in [-0.25, -0.2) is 0 Å². The fourth-order valence-corrected chi connectivity index (χ4v) is 5.52. The van der Waals surface area contributed by atoms with E-state index in [1.54, 1.807) is 11.8 Å². The number of hydrogen-bond donors (Lipinski definition) is 1. The zero-order valence-electron chi connectivity index (χ0n) is 16.3. The molecule has 2 nitrogen and oxygen atoms in total. The molecule has 2 heterocycles. The molecule has 6 rings (SSSR count). The van der Waals surface area contributed by atoms with Crippen molar-refractivity contribution in [2.75, 3.05) is 4.90 Å². The first-order valence-electron chi connectivity index (χ1n) is 9.93. The highest BCUT2D eigenvalue weighted by Crippen LogP contribution is 2.54. The minimum absolute atomic E-state index is 0.541. The van der Waals surface area contributed by atoms with E-state index in [2.05, 4.69) is 82.7 Å². The smallest absolute Gasteiger partial charge is 0.0797 e. The molecule has 4 aromatic carbocycles. The second kappa shape index (κ2) is 7.38. The van der Waals surface area contributed by atoms with E-state index in [-0.39, 0.29) is 0 Å². The Bertz CT molecular complexity index is 1410. The van der Waals surface area contributed by atoms with Crippen molar-refractivity contribution in [3.63, 3.8) is 0 Å². The minimum Gasteiger partial charge on any atom is -0.353 e. The first-order valence-corrected chi connectivity index (χ1v) is 11.5. The van der Waals surface area contributed by atoms with Crippen molar-refractivity contribution >= 4 is 62.9 Å². The third kappa shape index (κ3) is 3.04. The number of para-hydroxylation sites is 3. The molecular weight excluding hydrogens is 443 g/mol. The molecule has 5 heteroatoms. The van der Waals surface area contributed by atoms with Gasteiger partial charge in [0.1, 0.15) is 0 Å². The Morgan fingerprint density at radius 2 is 1.32 bits per heavy atom. The van der Waals surface area contributed by atoms with Crippen LogP contribution in [0.2, 0.25) is 10.0 Å². The van der Waals surface area contributed by atoms with Gasteiger partial charge >= 0.3 is 0 Å². The summed E-state index contributed by atoms with van der Waals surface area (Å²) in [7, 11) is 0. The van der Waals surface area contributed by atoms with Crippen molar-refractivity contribution in [3.05, 3.63) is 101 Å². The number of benzene rings is 4. The molecule has 0 fully saturated rings. The van der Waals surface area contributed by atoms with Crippen molar-refractivity contribution in [2.45, 2.75) is 9.79 Å². The maximum Gasteiger partial charge on any atom is 0.0797 e. The Labute approximate surface area is 194 Å². The molecule has 1 aromatic heterocycles. The van der Waals surface area contributed by atoms with Crippen molar-refractivity contribution in [2.24, 2.45) is 0 Å². The Morgan fingerprint density at radius 1 is 0.677 bits per heavy atom. The Hall–Kier alpha value is -2.85. The number of nitrogens with zero attached hydrogens (tertiary/aromatic N) is 1. The lowest BCUT2D eigenvalue weighted by Gasteiger charge is -2.33. The SMILES string of the molecule is Clc1ccc(-c2[nH]c3ccccc3c2N2c3ccccc3Sc3ccccc32)cc1Cl. The van der Waals surface area contributed by atoms with Crippen molar-refractivity contribution in [1.82, 2.24) is 4.98 Å². The zero-order valence-corrected chi connectivity index (χ0v) is 18.6. The summed E-state index contributed by atoms with van der Waals surface area (Å²) < 4.78 is 0. The van der Waals surface area contributed by atoms with Crippen LogP contribution in [0, 0.1) is 0 Å². The molecule has 5 aromatic rings. The summed E-state index contributed by atoms with van der Waals surface area (Å²) in [4.78, 5) is 8.45. The first-order chi connectivity index (χ1) is 15.2. The van der Waals surface area contributed by atoms with E-state index in [0.29, 0.717) is 10.0 Å². The van der Waals surface area contributed by atoms with E-state index in [9.17, 15) is 0 Å². The van der Waals surface area contributed by atoms with E-state index < -0.39 is 0 Å². The van der Waals surface area contributed by atoms with E-state index in [0.717, 1.165) is 39.2 Å². The van der Waals surface area contributed by atoms with Crippen LogP contribution in [0.5, 0.6) is 0 Å². The van der Waals surface area contributed by atoms with Crippen LogP contribution in [-0.4, -0.2) is 4.98 Å². The molecule has 0 spiro atoms. The molecule has 0 saturated carbocycles. The topological polar surface area (TPSA) is 19.0 Å². The van der Waals surface area contributed by atoms with Crippen molar-refractivity contribution in [1.29, 1.82) is 0 Å². The summed E-state index contributed by atoms with van der Waals surface area (Å²) >= 11 is 14.4. The molecule has 0 atom stereocenters. The highest BCUT2D eigenvalue weighted by Gasteiger charge is 2.29. The number of aromatic amines is 1. The average molecular weight is 459 g/mol. The van der Waals surface area contributed by atoms with E-state index in [1.807, 2.05) is 18.2 Å². The van der Waals surface area contributed by atoms with Gasteiger partial charge in [0.25, 0.3) is 0 Å². The zero-order chi connectivity index (χ0) is 20.9. The van der Waals surface area contributed by atoms with Crippen LogP contribution in [0.25, 0.3) is 22.2 Å². The van der Waals surface area contributed by atoms with E-state index >= 15 is 0 Å². The van der Waals surface area contributed by atoms with Crippen LogP contribution in [0.15, 0.2) is 101 Å². The lowest BCUT2D eigenvalue weighted by molar-refractivity contribution is 1.17. The second-order valence-corrected chi connectivity index (χ2v) is 9.29. The van der Waals surface area contributed by atoms with Gasteiger partial charge in [-0.15, -0.1) is 0 Å². The summed E-state index contributed by atoms with van der Waals surface area (Å²) in [6.45, 7) is 0. The molecule has 1 aliphatic rings. The maximum atomic E-state index is 6.40. The van der Waals surface area contributed by atoms with Gasteiger partial charge in [0.15, 0.2) is 0 Å². The third-order valence-electron chi connectivity index (χ3n) is 5.54. The monoisotopic (exact) mass is 458 g/mol. The van der Waals surface area contributed by atoms with Gasteiger partial charge < -0.3 is 9.88 Å². The van der Waals surface area contributed by atoms with Crippen molar-refractivity contribution < 1.29 is 0 Å². The van der Waals surface area contributed by atoms with Gasteiger partial charge in [0, 0.05) is 26.3 Å². The number of rotatable bonds is 2. The maximum absolute atomic E-state index is 6.40. The van der Waals surface area contributed by atoms with Gasteiger partial charge in [-0.2, -0.15) is 0 Å². The number of anilines is 3. The van der Waals surface area contributed by atoms with Crippen LogP contribution >= 0.6 is 35.0 Å². The molecule has 0 amide bonds. The number of aromatic nitrogens is 1. The van der Waals surface area contributed by atoms with Gasteiger partial charge in [-0.3, -0.25) is 0 Å². The van der Waals surface area contributed by atoms with E-state index in [1.165, 1.54) is 9.79 Å². The summed E-state index contributed by atoms with van der Waals surface area (Å²) in [5, 5.41) is 2.24. The second-order valence-electron chi connectivity index (χ2n) is 7.40. The Kier molecular flexibility index (Phi) is 4.50. The molecule has 0 saturated heterocycles. The van der Waals surface area contributed by atoms with Gasteiger partial charge in [-0.05, 0) is 42.5 Å². The normalized spacial score (nSPS) is 12.6. The van der Waals surface area contributed by atoms with Crippen molar-refractivity contribution in [3.8, 4) is 11.3 Å². The fraction of sp³-hybridized carbons (Fsp3) is 0. The number of H-pyrrole nitrogens is 1. The fourth-order valence-electron chi connectivity index (χ4n) is 4.17. The highest BCUT2D eigenvalue weighted by molar-refractivity contribution is 7.99. The van der Waals surface area contributed by atoms with Crippen LogP contribution in [0.3, 0.4) is 0 Å². The first kappa shape index (κ1) is 18.9.